The fourth-order valence-corrected chi connectivity index (χ4v) is 3.23. The van der Waals surface area contributed by atoms with Crippen LogP contribution in [0.4, 0.5) is 26.3 Å². The predicted octanol–water partition coefficient (Wildman–Crippen LogP) is 13.0. The SMILES string of the molecule is CC(F)(F)F.CCOc1cc(C)ccc1C.COC(F)(F)F.Cc1ccc(C)c(Cl)c1.Cc1ccc(C)cc1.Cc1ccc(C)cc1. The molecule has 9 heteroatoms. The summed E-state index contributed by atoms with van der Waals surface area (Å²) in [5, 5.41) is 0.856. The van der Waals surface area contributed by atoms with E-state index in [1.807, 2.05) is 32.9 Å². The van der Waals surface area contributed by atoms with Crippen LogP contribution in [0.5, 0.6) is 5.75 Å². The van der Waals surface area contributed by atoms with Crippen molar-refractivity contribution in [2.45, 2.75) is 81.8 Å². The molecule has 0 heterocycles. The van der Waals surface area contributed by atoms with Crippen molar-refractivity contribution in [2.24, 2.45) is 0 Å². The molecule has 0 spiro atoms. The van der Waals surface area contributed by atoms with E-state index in [4.69, 9.17) is 16.3 Å². The second kappa shape index (κ2) is 23.8. The average molecular weight is 687 g/mol. The van der Waals surface area contributed by atoms with Gasteiger partial charge in [-0.2, -0.15) is 13.2 Å². The van der Waals surface area contributed by atoms with E-state index >= 15 is 0 Å². The zero-order chi connectivity index (χ0) is 36.8. The number of hydrogen-bond donors (Lipinski definition) is 0. The molecule has 0 fully saturated rings. The lowest BCUT2D eigenvalue weighted by atomic mass is 10.1. The van der Waals surface area contributed by atoms with E-state index in [-0.39, 0.29) is 6.92 Å². The van der Waals surface area contributed by atoms with Gasteiger partial charge in [0.25, 0.3) is 0 Å². The third-order valence-corrected chi connectivity index (χ3v) is 6.05. The number of alkyl halides is 6. The molecule has 0 aliphatic carbocycles. The molecule has 0 aliphatic rings. The van der Waals surface area contributed by atoms with Gasteiger partial charge in [-0.25, -0.2) is 0 Å². The summed E-state index contributed by atoms with van der Waals surface area (Å²) in [6.45, 7) is 19.5. The smallest absolute Gasteiger partial charge is 0.494 e. The quantitative estimate of drug-likeness (QED) is 0.195. The minimum atomic E-state index is -4.46. The van der Waals surface area contributed by atoms with Gasteiger partial charge >= 0.3 is 12.5 Å². The number of halogens is 7. The third-order valence-electron chi connectivity index (χ3n) is 5.64. The molecule has 2 nitrogen and oxygen atoms in total. The molecule has 0 bridgehead atoms. The number of rotatable bonds is 2. The maximum atomic E-state index is 10.6. The Morgan fingerprint density at radius 3 is 1.06 bits per heavy atom. The van der Waals surface area contributed by atoms with Crippen LogP contribution in [0.1, 0.15) is 58.4 Å². The van der Waals surface area contributed by atoms with Crippen LogP contribution in [-0.4, -0.2) is 26.3 Å². The number of hydrogen-bond acceptors (Lipinski definition) is 2. The zero-order valence-corrected chi connectivity index (χ0v) is 30.0. The molecular formula is C38H49ClF6O2. The first-order chi connectivity index (χ1) is 21.6. The van der Waals surface area contributed by atoms with E-state index in [1.54, 1.807) is 0 Å². The second-order valence-corrected chi connectivity index (χ2v) is 11.1. The molecule has 47 heavy (non-hydrogen) atoms. The number of aryl methyl sites for hydroxylation is 8. The monoisotopic (exact) mass is 686 g/mol. The lowest BCUT2D eigenvalue weighted by Gasteiger charge is -2.06. The molecule has 262 valence electrons. The molecule has 0 atom stereocenters. The first kappa shape index (κ1) is 45.6. The Morgan fingerprint density at radius 2 is 0.809 bits per heavy atom. The maximum absolute atomic E-state index is 10.6. The lowest BCUT2D eigenvalue weighted by Crippen LogP contribution is -2.08. The fraction of sp³-hybridized carbons (Fsp3) is 0.368. The molecule has 0 aliphatic heterocycles. The normalized spacial score (nSPS) is 10.1. The van der Waals surface area contributed by atoms with Gasteiger partial charge in [0.2, 0.25) is 0 Å². The van der Waals surface area contributed by atoms with Crippen molar-refractivity contribution in [3.8, 4) is 5.75 Å². The number of ether oxygens (including phenoxy) is 2. The van der Waals surface area contributed by atoms with E-state index < -0.39 is 12.5 Å². The highest BCUT2D eigenvalue weighted by molar-refractivity contribution is 6.31. The van der Waals surface area contributed by atoms with E-state index in [2.05, 4.69) is 119 Å². The Morgan fingerprint density at radius 1 is 0.532 bits per heavy atom. The molecule has 0 amide bonds. The summed E-state index contributed by atoms with van der Waals surface area (Å²) in [4.78, 5) is 0. The highest BCUT2D eigenvalue weighted by Crippen LogP contribution is 2.19. The molecule has 0 aromatic heterocycles. The molecule has 0 radical (unpaired) electrons. The Bertz CT molecular complexity index is 1290. The third kappa shape index (κ3) is 29.6. The van der Waals surface area contributed by atoms with Crippen molar-refractivity contribution in [2.75, 3.05) is 13.7 Å². The van der Waals surface area contributed by atoms with E-state index in [0.29, 0.717) is 7.11 Å². The average Bonchev–Trinajstić information content (AvgIpc) is 2.96. The molecule has 4 aromatic carbocycles. The van der Waals surface area contributed by atoms with Gasteiger partial charge in [0, 0.05) is 19.1 Å². The molecule has 0 N–H and O–H groups in total. The fourth-order valence-electron chi connectivity index (χ4n) is 2.99. The van der Waals surface area contributed by atoms with Crippen LogP contribution in [0.2, 0.25) is 5.02 Å². The topological polar surface area (TPSA) is 18.5 Å². The van der Waals surface area contributed by atoms with Gasteiger partial charge in [0.05, 0.1) is 6.61 Å². The van der Waals surface area contributed by atoms with Crippen LogP contribution in [0.3, 0.4) is 0 Å². The number of methoxy groups -OCH3 is 1. The van der Waals surface area contributed by atoms with Crippen molar-refractivity contribution in [3.05, 3.63) is 134 Å². The molecule has 0 unspecified atom stereocenters. The van der Waals surface area contributed by atoms with Gasteiger partial charge in [-0.15, -0.1) is 13.2 Å². The van der Waals surface area contributed by atoms with Crippen molar-refractivity contribution in [1.82, 2.24) is 0 Å². The van der Waals surface area contributed by atoms with Crippen LogP contribution in [0, 0.1) is 55.4 Å². The summed E-state index contributed by atoms with van der Waals surface area (Å²) in [5.74, 6) is 1.01. The second-order valence-electron chi connectivity index (χ2n) is 10.7. The van der Waals surface area contributed by atoms with Gasteiger partial charge in [0.1, 0.15) is 5.75 Å². The zero-order valence-electron chi connectivity index (χ0n) is 29.3. The summed E-state index contributed by atoms with van der Waals surface area (Å²) >= 11 is 5.81. The highest BCUT2D eigenvalue weighted by Gasteiger charge is 2.25. The minimum absolute atomic E-state index is 0.188. The maximum Gasteiger partial charge on any atom is 0.522 e. The van der Waals surface area contributed by atoms with E-state index in [1.165, 1.54) is 38.9 Å². The van der Waals surface area contributed by atoms with Crippen LogP contribution in [-0.2, 0) is 4.74 Å². The highest BCUT2D eigenvalue weighted by atomic mass is 35.5. The Hall–Kier alpha value is -3.49. The van der Waals surface area contributed by atoms with Crippen molar-refractivity contribution < 1.29 is 35.8 Å². The van der Waals surface area contributed by atoms with E-state index in [9.17, 15) is 26.3 Å². The predicted molar refractivity (Wildman–Crippen MR) is 185 cm³/mol. The minimum Gasteiger partial charge on any atom is -0.494 e. The summed E-state index contributed by atoms with van der Waals surface area (Å²) in [7, 11) is 0.583. The van der Waals surface area contributed by atoms with Gasteiger partial charge in [-0.1, -0.05) is 107 Å². The first-order valence-corrected chi connectivity index (χ1v) is 15.1. The molecule has 4 aromatic rings. The van der Waals surface area contributed by atoms with Gasteiger partial charge in [-0.05, 0) is 96.7 Å². The van der Waals surface area contributed by atoms with Crippen LogP contribution in [0.15, 0.2) is 84.9 Å². The Labute approximate surface area is 282 Å². The first-order valence-electron chi connectivity index (χ1n) is 14.8. The molecule has 0 saturated carbocycles. The number of benzene rings is 4. The van der Waals surface area contributed by atoms with Crippen LogP contribution in [0.25, 0.3) is 0 Å². The van der Waals surface area contributed by atoms with Gasteiger partial charge in [0.15, 0.2) is 0 Å². The Balaban J connectivity index is 0. The molecular weight excluding hydrogens is 638 g/mol. The van der Waals surface area contributed by atoms with Crippen molar-refractivity contribution in [1.29, 1.82) is 0 Å². The van der Waals surface area contributed by atoms with Gasteiger partial charge in [-0.3, -0.25) is 4.74 Å². The molecule has 0 saturated heterocycles. The summed E-state index contributed by atoms with van der Waals surface area (Å²) in [6, 6.07) is 29.3. The van der Waals surface area contributed by atoms with Crippen molar-refractivity contribution >= 4 is 11.6 Å². The van der Waals surface area contributed by atoms with Crippen LogP contribution < -0.4 is 4.74 Å². The Kier molecular flexibility index (Phi) is 23.1. The summed E-state index contributed by atoms with van der Waals surface area (Å²) in [5.41, 5.74) is 10.1. The van der Waals surface area contributed by atoms with E-state index in [0.717, 1.165) is 22.9 Å². The van der Waals surface area contributed by atoms with Crippen LogP contribution >= 0.6 is 11.6 Å². The standard InChI is InChI=1S/C10H14O.C8H9Cl.2C8H10.C2H3F3O.C2H3F3/c1-4-11-10-7-8(2)5-6-9(10)3;1-6-3-4-7(2)8(9)5-6;2*1-7-3-5-8(2)6-4-7;1-6-2(3,4)5;1-2(3,4)5/h5-7H,4H2,1-3H3;3-5H,1-2H3;2*3-6H,1-2H3;1H3;1H3. The molecule has 4 rings (SSSR count). The summed E-state index contributed by atoms with van der Waals surface area (Å²) in [6.07, 6.45) is -8.46. The summed E-state index contributed by atoms with van der Waals surface area (Å²) < 4.78 is 71.1. The largest absolute Gasteiger partial charge is 0.522 e. The van der Waals surface area contributed by atoms with Crippen molar-refractivity contribution in [3.63, 3.8) is 0 Å². The lowest BCUT2D eigenvalue weighted by molar-refractivity contribution is -0.311. The van der Waals surface area contributed by atoms with Gasteiger partial charge < -0.3 is 4.74 Å².